The van der Waals surface area contributed by atoms with Gasteiger partial charge in [0.05, 0.1) is 0 Å². The lowest BCUT2D eigenvalue weighted by Crippen LogP contribution is -2.15. The number of rotatable bonds is 4. The van der Waals surface area contributed by atoms with Crippen molar-refractivity contribution in [3.63, 3.8) is 0 Å². The van der Waals surface area contributed by atoms with Gasteiger partial charge in [0.25, 0.3) is 0 Å². The molecule has 0 aromatic heterocycles. The summed E-state index contributed by atoms with van der Waals surface area (Å²) < 4.78 is 5.64. The van der Waals surface area contributed by atoms with Crippen LogP contribution < -0.4 is 4.74 Å². The van der Waals surface area contributed by atoms with E-state index in [0.717, 1.165) is 27.8 Å². The molecule has 0 bridgehead atoms. The molecular weight excluding hydrogens is 284 g/mol. The van der Waals surface area contributed by atoms with E-state index in [2.05, 4.69) is 0 Å². The van der Waals surface area contributed by atoms with Crippen LogP contribution in [0.1, 0.15) is 32.6 Å². The van der Waals surface area contributed by atoms with Crippen molar-refractivity contribution in [2.24, 2.45) is 0 Å². The van der Waals surface area contributed by atoms with E-state index in [1.54, 1.807) is 12.1 Å². The molecule has 0 fully saturated rings. The lowest BCUT2D eigenvalue weighted by atomic mass is 9.97. The van der Waals surface area contributed by atoms with Crippen molar-refractivity contribution in [2.75, 3.05) is 6.61 Å². The zero-order valence-electron chi connectivity index (χ0n) is 12.8. The highest BCUT2D eigenvalue weighted by Crippen LogP contribution is 2.23. The molecule has 2 rings (SSSR count). The molecule has 2 aromatic rings. The quantitative estimate of drug-likeness (QED) is 0.756. The van der Waals surface area contributed by atoms with Gasteiger partial charge in [0.15, 0.2) is 6.61 Å². The second-order valence-electron chi connectivity index (χ2n) is 5.40. The summed E-state index contributed by atoms with van der Waals surface area (Å²) in [6.45, 7) is 7.89. The fourth-order valence-corrected chi connectivity index (χ4v) is 2.84. The summed E-state index contributed by atoms with van der Waals surface area (Å²) in [4.78, 5) is 12.4. The summed E-state index contributed by atoms with van der Waals surface area (Å²) in [6.07, 6.45) is 0. The molecule has 0 heterocycles. The lowest BCUT2D eigenvalue weighted by Gasteiger charge is -2.12. The Morgan fingerprint density at radius 3 is 2.19 bits per heavy atom. The molecular formula is C18H19ClO2. The van der Waals surface area contributed by atoms with E-state index < -0.39 is 0 Å². The fourth-order valence-electron chi connectivity index (χ4n) is 2.61. The second-order valence-corrected chi connectivity index (χ2v) is 5.83. The van der Waals surface area contributed by atoms with Crippen molar-refractivity contribution in [3.8, 4) is 5.75 Å². The first-order valence-corrected chi connectivity index (χ1v) is 7.26. The van der Waals surface area contributed by atoms with Crippen molar-refractivity contribution in [3.05, 3.63) is 63.2 Å². The number of carbonyl (C=O) groups is 1. The van der Waals surface area contributed by atoms with E-state index in [1.807, 2.05) is 45.9 Å². The Hall–Kier alpha value is -1.80. The first kappa shape index (κ1) is 15.6. The fraction of sp³-hybridized carbons (Fsp3) is 0.278. The molecule has 0 aliphatic rings. The van der Waals surface area contributed by atoms with Gasteiger partial charge in [-0.3, -0.25) is 4.79 Å². The normalized spacial score (nSPS) is 10.5. The van der Waals surface area contributed by atoms with Gasteiger partial charge in [-0.1, -0.05) is 29.3 Å². The Morgan fingerprint density at radius 1 is 1.00 bits per heavy atom. The summed E-state index contributed by atoms with van der Waals surface area (Å²) >= 11 is 5.91. The van der Waals surface area contributed by atoms with Crippen LogP contribution in [0.3, 0.4) is 0 Å². The van der Waals surface area contributed by atoms with Crippen LogP contribution in [0.15, 0.2) is 30.3 Å². The second kappa shape index (κ2) is 6.31. The molecule has 2 nitrogen and oxygen atoms in total. The minimum absolute atomic E-state index is 0.000602. The summed E-state index contributed by atoms with van der Waals surface area (Å²) in [5.74, 6) is 0.689. The molecule has 2 aromatic carbocycles. The maximum atomic E-state index is 12.4. The third-order valence-electron chi connectivity index (χ3n) is 3.45. The van der Waals surface area contributed by atoms with E-state index in [0.29, 0.717) is 10.8 Å². The molecule has 0 spiro atoms. The maximum absolute atomic E-state index is 12.4. The molecule has 0 saturated heterocycles. The number of benzene rings is 2. The van der Waals surface area contributed by atoms with Gasteiger partial charge in [-0.2, -0.15) is 0 Å². The van der Waals surface area contributed by atoms with Gasteiger partial charge in [0, 0.05) is 10.6 Å². The van der Waals surface area contributed by atoms with Crippen molar-refractivity contribution < 1.29 is 9.53 Å². The number of hydrogen-bond donors (Lipinski definition) is 0. The first-order chi connectivity index (χ1) is 9.88. The summed E-state index contributed by atoms with van der Waals surface area (Å²) in [6, 6.07) is 9.42. The topological polar surface area (TPSA) is 26.3 Å². The molecule has 0 aliphatic heterocycles. The number of ketones is 1. The molecule has 0 aliphatic carbocycles. The minimum atomic E-state index is -0.000602. The number of halogens is 1. The highest BCUT2D eigenvalue weighted by atomic mass is 35.5. The predicted octanol–water partition coefficient (Wildman–Crippen LogP) is 4.84. The maximum Gasteiger partial charge on any atom is 0.200 e. The van der Waals surface area contributed by atoms with Gasteiger partial charge < -0.3 is 4.74 Å². The summed E-state index contributed by atoms with van der Waals surface area (Å²) in [7, 11) is 0. The van der Waals surface area contributed by atoms with E-state index >= 15 is 0 Å². The van der Waals surface area contributed by atoms with Gasteiger partial charge in [-0.25, -0.2) is 0 Å². The largest absolute Gasteiger partial charge is 0.485 e. The van der Waals surface area contributed by atoms with Gasteiger partial charge in [-0.05, 0) is 62.6 Å². The van der Waals surface area contributed by atoms with Crippen LogP contribution in [0.25, 0.3) is 0 Å². The molecule has 0 radical (unpaired) electrons. The van der Waals surface area contributed by atoms with Crippen LogP contribution >= 0.6 is 11.6 Å². The number of aryl methyl sites for hydroxylation is 4. The Morgan fingerprint density at radius 2 is 1.62 bits per heavy atom. The molecule has 0 atom stereocenters. The zero-order valence-corrected chi connectivity index (χ0v) is 13.5. The molecule has 0 amide bonds. The molecule has 110 valence electrons. The third kappa shape index (κ3) is 3.64. The van der Waals surface area contributed by atoms with Gasteiger partial charge >= 0.3 is 0 Å². The number of Topliss-reactive ketones (excluding diaryl/α,β-unsaturated/α-hetero) is 1. The highest BCUT2D eigenvalue weighted by molar-refractivity contribution is 6.30. The third-order valence-corrected chi connectivity index (χ3v) is 3.69. The van der Waals surface area contributed by atoms with Crippen molar-refractivity contribution in [2.45, 2.75) is 27.7 Å². The van der Waals surface area contributed by atoms with Crippen molar-refractivity contribution in [1.82, 2.24) is 0 Å². The lowest BCUT2D eigenvalue weighted by molar-refractivity contribution is 0.0920. The molecule has 0 saturated carbocycles. The van der Waals surface area contributed by atoms with Crippen LogP contribution in [-0.2, 0) is 0 Å². The van der Waals surface area contributed by atoms with Crippen LogP contribution in [0.2, 0.25) is 5.02 Å². The Bertz CT molecular complexity index is 667. The van der Waals surface area contributed by atoms with Crippen molar-refractivity contribution in [1.29, 1.82) is 0 Å². The minimum Gasteiger partial charge on any atom is -0.485 e. The number of hydrogen-bond acceptors (Lipinski definition) is 2. The smallest absolute Gasteiger partial charge is 0.200 e. The predicted molar refractivity (Wildman–Crippen MR) is 86.7 cm³/mol. The number of ether oxygens (including phenoxy) is 1. The van der Waals surface area contributed by atoms with Gasteiger partial charge in [0.1, 0.15) is 5.75 Å². The Balaban J connectivity index is 2.16. The van der Waals surface area contributed by atoms with Crippen molar-refractivity contribution >= 4 is 17.4 Å². The first-order valence-electron chi connectivity index (χ1n) is 6.88. The van der Waals surface area contributed by atoms with Crippen LogP contribution in [-0.4, -0.2) is 12.4 Å². The molecule has 0 N–H and O–H groups in total. The molecule has 0 unspecified atom stereocenters. The van der Waals surface area contributed by atoms with Crippen LogP contribution in [0.5, 0.6) is 5.75 Å². The van der Waals surface area contributed by atoms with Gasteiger partial charge in [0.2, 0.25) is 5.78 Å². The average molecular weight is 303 g/mol. The molecule has 21 heavy (non-hydrogen) atoms. The van der Waals surface area contributed by atoms with E-state index in [4.69, 9.17) is 16.3 Å². The standard InChI is InChI=1S/C18H19ClO2/c1-11-7-13(3)18(14(4)8-11)16(20)10-21-17-6-5-15(19)9-12(17)2/h5-9H,10H2,1-4H3. The Kier molecular flexibility index (Phi) is 4.69. The van der Waals surface area contributed by atoms with E-state index in [9.17, 15) is 4.79 Å². The van der Waals surface area contributed by atoms with E-state index in [1.165, 1.54) is 0 Å². The summed E-state index contributed by atoms with van der Waals surface area (Å²) in [5.41, 5.74) is 4.83. The van der Waals surface area contributed by atoms with Crippen LogP contribution in [0, 0.1) is 27.7 Å². The Labute approximate surface area is 130 Å². The number of carbonyl (C=O) groups excluding carboxylic acids is 1. The molecule has 3 heteroatoms. The monoisotopic (exact) mass is 302 g/mol. The summed E-state index contributed by atoms with van der Waals surface area (Å²) in [5, 5.41) is 0.663. The van der Waals surface area contributed by atoms with Crippen LogP contribution in [0.4, 0.5) is 0 Å². The SMILES string of the molecule is Cc1cc(C)c(C(=O)COc2ccc(Cl)cc2C)c(C)c1. The highest BCUT2D eigenvalue weighted by Gasteiger charge is 2.14. The van der Waals surface area contributed by atoms with Gasteiger partial charge in [-0.15, -0.1) is 0 Å². The zero-order chi connectivity index (χ0) is 15.6. The average Bonchev–Trinajstić information content (AvgIpc) is 2.36. The van der Waals surface area contributed by atoms with E-state index in [-0.39, 0.29) is 12.4 Å².